The molecule has 0 bridgehead atoms. The van der Waals surface area contributed by atoms with Gasteiger partial charge >= 0.3 is 0 Å². The Morgan fingerprint density at radius 3 is 2.86 bits per heavy atom. The highest BCUT2D eigenvalue weighted by Crippen LogP contribution is 2.21. The first kappa shape index (κ1) is 10.1. The van der Waals surface area contributed by atoms with Crippen LogP contribution in [0.4, 0.5) is 0 Å². The van der Waals surface area contributed by atoms with E-state index in [4.69, 9.17) is 0 Å². The fourth-order valence-electron chi connectivity index (χ4n) is 1.78. The van der Waals surface area contributed by atoms with Crippen molar-refractivity contribution in [3.8, 4) is 0 Å². The Morgan fingerprint density at radius 1 is 1.36 bits per heavy atom. The topological polar surface area (TPSA) is 12.0 Å². The lowest BCUT2D eigenvalue weighted by atomic mass is 10.1. The number of hydrogen-bond donors (Lipinski definition) is 1. The van der Waals surface area contributed by atoms with Crippen molar-refractivity contribution in [1.82, 2.24) is 5.32 Å². The highest BCUT2D eigenvalue weighted by molar-refractivity contribution is 7.99. The summed E-state index contributed by atoms with van der Waals surface area (Å²) in [5.41, 5.74) is 1.44. The van der Waals surface area contributed by atoms with Gasteiger partial charge in [0.25, 0.3) is 0 Å². The minimum absolute atomic E-state index is 0.612. The average molecular weight is 207 g/mol. The van der Waals surface area contributed by atoms with Gasteiger partial charge in [-0.25, -0.2) is 0 Å². The lowest BCUT2D eigenvalue weighted by Crippen LogP contribution is -2.40. The molecule has 1 nitrogen and oxygen atoms in total. The Bertz CT molecular complexity index is 273. The Kier molecular flexibility index (Phi) is 3.49. The van der Waals surface area contributed by atoms with Crippen LogP contribution in [0.2, 0.25) is 0 Å². The lowest BCUT2D eigenvalue weighted by Gasteiger charge is -2.28. The van der Waals surface area contributed by atoms with Crippen LogP contribution in [0.3, 0.4) is 0 Å². The van der Waals surface area contributed by atoms with Gasteiger partial charge in [-0.15, -0.1) is 11.8 Å². The number of thioether (sulfide) groups is 1. The van der Waals surface area contributed by atoms with Crippen LogP contribution in [-0.2, 0) is 6.42 Å². The van der Waals surface area contributed by atoms with Crippen molar-refractivity contribution >= 4 is 11.8 Å². The first-order valence-electron chi connectivity index (χ1n) is 5.26. The van der Waals surface area contributed by atoms with Crippen molar-refractivity contribution in [3.63, 3.8) is 0 Å². The van der Waals surface area contributed by atoms with Crippen molar-refractivity contribution in [1.29, 1.82) is 0 Å². The molecule has 0 spiro atoms. The van der Waals surface area contributed by atoms with Gasteiger partial charge in [0, 0.05) is 6.04 Å². The molecular weight excluding hydrogens is 190 g/mol. The minimum atomic E-state index is 0.612. The molecule has 2 rings (SSSR count). The van der Waals surface area contributed by atoms with Gasteiger partial charge in [-0.1, -0.05) is 30.3 Å². The van der Waals surface area contributed by atoms with Crippen LogP contribution >= 0.6 is 11.8 Å². The molecule has 76 valence electrons. The summed E-state index contributed by atoms with van der Waals surface area (Å²) >= 11 is 2.05. The first-order valence-corrected chi connectivity index (χ1v) is 6.31. The predicted molar refractivity (Wildman–Crippen MR) is 63.6 cm³/mol. The van der Waals surface area contributed by atoms with Crippen molar-refractivity contribution in [2.24, 2.45) is 0 Å². The molecule has 1 heterocycles. The van der Waals surface area contributed by atoms with E-state index in [1.54, 1.807) is 0 Å². The maximum Gasteiger partial charge on any atom is 0.0575 e. The third-order valence-corrected chi connectivity index (χ3v) is 3.78. The van der Waals surface area contributed by atoms with Crippen LogP contribution in [0.25, 0.3) is 0 Å². The Labute approximate surface area is 90.3 Å². The van der Waals surface area contributed by atoms with E-state index < -0.39 is 0 Å². The van der Waals surface area contributed by atoms with Crippen molar-refractivity contribution in [3.05, 3.63) is 35.9 Å². The van der Waals surface area contributed by atoms with E-state index in [0.717, 1.165) is 6.42 Å². The van der Waals surface area contributed by atoms with Crippen LogP contribution in [0, 0.1) is 0 Å². The largest absolute Gasteiger partial charge is 0.303 e. The molecule has 0 aliphatic carbocycles. The van der Waals surface area contributed by atoms with Gasteiger partial charge < -0.3 is 5.32 Å². The molecule has 1 fully saturated rings. The van der Waals surface area contributed by atoms with E-state index in [-0.39, 0.29) is 0 Å². The summed E-state index contributed by atoms with van der Waals surface area (Å²) in [6.45, 7) is 2.28. The smallest absolute Gasteiger partial charge is 0.0575 e. The van der Waals surface area contributed by atoms with Crippen LogP contribution in [0.1, 0.15) is 18.9 Å². The monoisotopic (exact) mass is 207 g/mol. The van der Waals surface area contributed by atoms with Gasteiger partial charge in [-0.2, -0.15) is 0 Å². The number of nitrogens with one attached hydrogen (secondary N) is 1. The Morgan fingerprint density at radius 2 is 2.14 bits per heavy atom. The van der Waals surface area contributed by atoms with Crippen molar-refractivity contribution < 1.29 is 0 Å². The molecule has 0 saturated carbocycles. The molecule has 1 N–H and O–H groups in total. The molecule has 1 aromatic carbocycles. The summed E-state index contributed by atoms with van der Waals surface area (Å²) in [4.78, 5) is 0. The van der Waals surface area contributed by atoms with Crippen LogP contribution in [0.5, 0.6) is 0 Å². The van der Waals surface area contributed by atoms with E-state index in [1.165, 1.54) is 17.7 Å². The quantitative estimate of drug-likeness (QED) is 0.800. The van der Waals surface area contributed by atoms with Crippen LogP contribution in [-0.4, -0.2) is 17.2 Å². The number of rotatable bonds is 2. The van der Waals surface area contributed by atoms with Crippen molar-refractivity contribution in [2.75, 3.05) is 5.75 Å². The van der Waals surface area contributed by atoms with E-state index in [9.17, 15) is 0 Å². The Hall–Kier alpha value is -0.470. The normalized spacial score (nSPS) is 27.5. The van der Waals surface area contributed by atoms with Gasteiger partial charge in [0.05, 0.1) is 5.37 Å². The third kappa shape index (κ3) is 2.76. The maximum absolute atomic E-state index is 3.63. The lowest BCUT2D eigenvalue weighted by molar-refractivity contribution is 0.500. The van der Waals surface area contributed by atoms with Gasteiger partial charge in [-0.3, -0.25) is 0 Å². The summed E-state index contributed by atoms with van der Waals surface area (Å²) in [7, 11) is 0. The summed E-state index contributed by atoms with van der Waals surface area (Å²) < 4.78 is 0. The fourth-order valence-corrected chi connectivity index (χ4v) is 3.19. The summed E-state index contributed by atoms with van der Waals surface area (Å²) in [5.74, 6) is 1.30. The molecule has 0 aromatic heterocycles. The molecule has 1 saturated heterocycles. The van der Waals surface area contributed by atoms with Crippen molar-refractivity contribution in [2.45, 2.75) is 31.2 Å². The van der Waals surface area contributed by atoms with Gasteiger partial charge in [0.1, 0.15) is 0 Å². The minimum Gasteiger partial charge on any atom is -0.303 e. The second-order valence-electron chi connectivity index (χ2n) is 3.91. The molecule has 1 aromatic rings. The standard InChI is InChI=1S/C12H17NS/c1-10-7-8-14-12(13-10)9-11-5-3-2-4-6-11/h2-6,10,12-13H,7-9H2,1H3. The van der Waals surface area contributed by atoms with Gasteiger partial charge in [0.15, 0.2) is 0 Å². The molecular formula is C12H17NS. The van der Waals surface area contributed by atoms with Crippen LogP contribution < -0.4 is 5.32 Å². The first-order chi connectivity index (χ1) is 6.84. The zero-order valence-electron chi connectivity index (χ0n) is 8.57. The molecule has 2 unspecified atom stereocenters. The predicted octanol–water partition coefficient (Wildman–Crippen LogP) is 2.67. The number of benzene rings is 1. The summed E-state index contributed by atoms with van der Waals surface area (Å²) in [6, 6.07) is 11.4. The van der Waals surface area contributed by atoms with Gasteiger partial charge in [0.2, 0.25) is 0 Å². The molecule has 1 aliphatic heterocycles. The second-order valence-corrected chi connectivity index (χ2v) is 5.22. The molecule has 2 atom stereocenters. The maximum atomic E-state index is 3.63. The second kappa shape index (κ2) is 4.85. The van der Waals surface area contributed by atoms with E-state index >= 15 is 0 Å². The Balaban J connectivity index is 1.91. The highest BCUT2D eigenvalue weighted by atomic mass is 32.2. The zero-order chi connectivity index (χ0) is 9.80. The van der Waals surface area contributed by atoms with E-state index in [1.807, 2.05) is 0 Å². The zero-order valence-corrected chi connectivity index (χ0v) is 9.39. The fraction of sp³-hybridized carbons (Fsp3) is 0.500. The average Bonchev–Trinajstić information content (AvgIpc) is 2.19. The SMILES string of the molecule is CC1CCSC(Cc2ccccc2)N1. The number of hydrogen-bond acceptors (Lipinski definition) is 2. The van der Waals surface area contributed by atoms with E-state index in [0.29, 0.717) is 11.4 Å². The summed E-state index contributed by atoms with van der Waals surface area (Å²) in [5, 5.41) is 4.24. The molecule has 0 radical (unpaired) electrons. The van der Waals surface area contributed by atoms with Crippen LogP contribution in [0.15, 0.2) is 30.3 Å². The molecule has 2 heteroatoms. The molecule has 1 aliphatic rings. The molecule has 14 heavy (non-hydrogen) atoms. The third-order valence-electron chi connectivity index (χ3n) is 2.60. The van der Waals surface area contributed by atoms with Gasteiger partial charge in [-0.05, 0) is 31.1 Å². The highest BCUT2D eigenvalue weighted by Gasteiger charge is 2.17. The molecule has 0 amide bonds. The summed E-state index contributed by atoms with van der Waals surface area (Å²) in [6.07, 6.45) is 2.45. The van der Waals surface area contributed by atoms with E-state index in [2.05, 4.69) is 54.3 Å².